The molecule has 0 unspecified atom stereocenters. The number of aromatic nitrogens is 1. The zero-order valence-electron chi connectivity index (χ0n) is 42.8. The van der Waals surface area contributed by atoms with E-state index in [1.165, 1.54) is 11.8 Å². The van der Waals surface area contributed by atoms with E-state index < -0.39 is 133 Å². The van der Waals surface area contributed by atoms with E-state index in [1.54, 1.807) is 67.9 Å². The van der Waals surface area contributed by atoms with Gasteiger partial charge in [0.05, 0.1) is 12.5 Å². The molecule has 410 valence electrons. The van der Waals surface area contributed by atoms with Gasteiger partial charge in [-0.3, -0.25) is 48.1 Å². The van der Waals surface area contributed by atoms with Crippen LogP contribution in [0.4, 0.5) is 13.6 Å². The van der Waals surface area contributed by atoms with Gasteiger partial charge in [0.15, 0.2) is 0 Å². The highest BCUT2D eigenvalue weighted by molar-refractivity contribution is 6.14. The molecule has 0 saturated heterocycles. The molecule has 0 aliphatic carbocycles. The molecule has 4 atom stereocenters. The van der Waals surface area contributed by atoms with Crippen molar-refractivity contribution in [1.29, 1.82) is 0 Å². The zero-order valence-corrected chi connectivity index (χ0v) is 42.8. The van der Waals surface area contributed by atoms with Gasteiger partial charge in [-0.1, -0.05) is 81.4 Å². The van der Waals surface area contributed by atoms with Crippen LogP contribution < -0.4 is 37.6 Å². The van der Waals surface area contributed by atoms with E-state index in [0.717, 1.165) is 35.9 Å². The normalized spacial score (nSPS) is 13.6. The highest BCUT2D eigenvalue weighted by Crippen LogP contribution is 2.41. The average molecular weight is 1070 g/mol. The smallest absolute Gasteiger partial charge is 0.407 e. The van der Waals surface area contributed by atoms with Crippen molar-refractivity contribution in [2.45, 2.75) is 77.9 Å². The van der Waals surface area contributed by atoms with Crippen LogP contribution in [0.2, 0.25) is 0 Å². The SMILES string of the molecule is C[C@H](NC(=O)CNC(=O)OCc1ccccc1)C(=O)N[C@@H](CC(N)=O)C(=O)N[C@@H](CCN(C(=O)CO)[C@@H](c1cc(-c2cc(F)ccc2F)cn1Cc1ccccc1)C(C)(C)C)C(=O)NCCNC(=O)CN1C(=O)C=CC1=O. The third-order valence-corrected chi connectivity index (χ3v) is 11.9. The number of nitrogens with zero attached hydrogens (tertiary/aromatic N) is 3. The number of nitrogens with one attached hydrogen (secondary N) is 6. The Bertz CT molecular complexity index is 2820. The molecule has 0 spiro atoms. The molecule has 4 aromatic rings. The van der Waals surface area contributed by atoms with Gasteiger partial charge < -0.3 is 56.9 Å². The van der Waals surface area contributed by atoms with E-state index in [9.17, 15) is 57.4 Å². The number of carbonyl (C=O) groups is 10. The Morgan fingerprint density at radius 3 is 2.00 bits per heavy atom. The molecular weight excluding hydrogens is 1010 g/mol. The van der Waals surface area contributed by atoms with Crippen LogP contribution in [0.15, 0.2) is 103 Å². The summed E-state index contributed by atoms with van der Waals surface area (Å²) in [7, 11) is 0. The molecule has 3 aromatic carbocycles. The van der Waals surface area contributed by atoms with Crippen LogP contribution in [-0.2, 0) is 61.0 Å². The summed E-state index contributed by atoms with van der Waals surface area (Å²) in [4.78, 5) is 131. The van der Waals surface area contributed by atoms with E-state index in [1.807, 2.05) is 30.3 Å². The second kappa shape index (κ2) is 27.7. The zero-order chi connectivity index (χ0) is 56.4. The van der Waals surface area contributed by atoms with Crippen LogP contribution in [0, 0.1) is 17.0 Å². The lowest BCUT2D eigenvalue weighted by atomic mass is 9.82. The summed E-state index contributed by atoms with van der Waals surface area (Å²) in [5.41, 5.74) is 6.69. The minimum atomic E-state index is -1.76. The number of alkyl carbamates (subject to hydrolysis) is 1. The quantitative estimate of drug-likeness (QED) is 0.0325. The molecule has 0 bridgehead atoms. The van der Waals surface area contributed by atoms with Crippen molar-refractivity contribution < 1.29 is 66.6 Å². The predicted molar refractivity (Wildman–Crippen MR) is 273 cm³/mol. The van der Waals surface area contributed by atoms with Crippen molar-refractivity contribution in [2.75, 3.05) is 39.3 Å². The first-order chi connectivity index (χ1) is 36.5. The Labute approximate surface area is 442 Å². The highest BCUT2D eigenvalue weighted by atomic mass is 19.1. The van der Waals surface area contributed by atoms with Crippen molar-refractivity contribution in [3.8, 4) is 11.1 Å². The Morgan fingerprint density at radius 2 is 1.38 bits per heavy atom. The number of amides is 10. The number of primary amides is 1. The van der Waals surface area contributed by atoms with Crippen LogP contribution in [0.25, 0.3) is 11.1 Å². The first-order valence-corrected chi connectivity index (χ1v) is 24.3. The monoisotopic (exact) mass is 1070 g/mol. The Hall–Kier alpha value is -8.80. The third kappa shape index (κ3) is 17.7. The third-order valence-electron chi connectivity index (χ3n) is 11.9. The fourth-order valence-electron chi connectivity index (χ4n) is 8.20. The summed E-state index contributed by atoms with van der Waals surface area (Å²) in [5.74, 6) is -9.28. The number of ether oxygens (including phenoxy) is 1. The van der Waals surface area contributed by atoms with Gasteiger partial charge in [0, 0.05) is 61.3 Å². The Kier molecular flexibility index (Phi) is 21.2. The largest absolute Gasteiger partial charge is 0.445 e. The Balaban J connectivity index is 1.38. The van der Waals surface area contributed by atoms with Gasteiger partial charge >= 0.3 is 6.09 Å². The highest BCUT2D eigenvalue weighted by Gasteiger charge is 2.39. The summed E-state index contributed by atoms with van der Waals surface area (Å²) in [5, 5.41) is 24.9. The first-order valence-electron chi connectivity index (χ1n) is 24.3. The number of halogens is 2. The molecule has 0 radical (unpaired) electrons. The number of nitrogens with two attached hydrogens (primary N) is 1. The molecule has 0 saturated carbocycles. The van der Waals surface area contributed by atoms with E-state index in [-0.39, 0.29) is 43.9 Å². The van der Waals surface area contributed by atoms with Gasteiger partial charge in [0.25, 0.3) is 11.8 Å². The van der Waals surface area contributed by atoms with Gasteiger partial charge in [0.1, 0.15) is 56.1 Å². The van der Waals surface area contributed by atoms with E-state index in [4.69, 9.17) is 10.5 Å². The van der Waals surface area contributed by atoms with Gasteiger partial charge in [-0.25, -0.2) is 13.6 Å². The molecule has 1 aromatic heterocycles. The van der Waals surface area contributed by atoms with Crippen LogP contribution in [0.3, 0.4) is 0 Å². The summed E-state index contributed by atoms with van der Waals surface area (Å²) >= 11 is 0. The number of hydrogen-bond donors (Lipinski definition) is 8. The number of benzene rings is 3. The van der Waals surface area contributed by atoms with Crippen molar-refractivity contribution in [1.82, 2.24) is 46.3 Å². The summed E-state index contributed by atoms with van der Waals surface area (Å²) < 4.78 is 36.8. The molecule has 10 amide bonds. The van der Waals surface area contributed by atoms with Crippen molar-refractivity contribution in [3.63, 3.8) is 0 Å². The molecule has 1 aliphatic rings. The second-order valence-corrected chi connectivity index (χ2v) is 18.9. The van der Waals surface area contributed by atoms with Crippen molar-refractivity contribution >= 4 is 59.3 Å². The maximum atomic E-state index is 15.4. The lowest BCUT2D eigenvalue weighted by Crippen LogP contribution is -2.58. The molecule has 77 heavy (non-hydrogen) atoms. The summed E-state index contributed by atoms with van der Waals surface area (Å²) in [6.07, 6.45) is 1.47. The van der Waals surface area contributed by atoms with Gasteiger partial charge in [0.2, 0.25) is 41.4 Å². The lowest BCUT2D eigenvalue weighted by Gasteiger charge is -2.41. The van der Waals surface area contributed by atoms with Crippen molar-refractivity contribution in [2.24, 2.45) is 11.1 Å². The number of aliphatic hydroxyl groups is 1. The number of imide groups is 1. The molecule has 22 nitrogen and oxygen atoms in total. The van der Waals surface area contributed by atoms with Crippen LogP contribution in [0.1, 0.15) is 63.4 Å². The minimum Gasteiger partial charge on any atom is -0.445 e. The molecule has 1 aliphatic heterocycles. The standard InChI is InChI=1S/C53H62F2N10O12/c1-32(60-43(68)26-59-52(76)77-31-34-13-9-6-10-14-34)49(73)62-40(25-42(56)67)51(75)61-39(50(74)58-21-20-57-44(69)29-65-45(70)17-18-46(65)71)19-22-64(47(72)30-66)48(53(2,3)4)41-23-35(37-24-36(54)15-16-38(37)55)28-63(41)27-33-11-7-5-8-12-33/h5-18,23-24,28,32,39-40,48,66H,19-22,25-27,29-31H2,1-4H3,(H2,56,67)(H,57,69)(H,58,74)(H,59,76)(H,60,68)(H,61,75)(H,62,73)/t32-,39-,40-,48-/m0/s1. The predicted octanol–water partition coefficient (Wildman–Crippen LogP) is 1.21. The van der Waals surface area contributed by atoms with Crippen LogP contribution in [-0.4, -0.2) is 136 Å². The Morgan fingerprint density at radius 1 is 0.753 bits per heavy atom. The molecule has 9 N–H and O–H groups in total. The number of rotatable bonds is 26. The van der Waals surface area contributed by atoms with E-state index in [0.29, 0.717) is 16.2 Å². The minimum absolute atomic E-state index is 0.0699. The summed E-state index contributed by atoms with van der Waals surface area (Å²) in [6.45, 7) is 3.59. The topological polar surface area (TPSA) is 310 Å². The van der Waals surface area contributed by atoms with E-state index >= 15 is 4.39 Å². The first kappa shape index (κ1) is 59.1. The van der Waals surface area contributed by atoms with Gasteiger partial charge in [-0.15, -0.1) is 0 Å². The van der Waals surface area contributed by atoms with Gasteiger partial charge in [-0.2, -0.15) is 0 Å². The molecule has 5 rings (SSSR count). The average Bonchev–Trinajstić information content (AvgIpc) is 3.94. The maximum Gasteiger partial charge on any atom is 0.407 e. The number of carbonyl (C=O) groups excluding carboxylic acids is 10. The van der Waals surface area contributed by atoms with Crippen LogP contribution >= 0.6 is 0 Å². The van der Waals surface area contributed by atoms with Gasteiger partial charge in [-0.05, 0) is 54.2 Å². The maximum absolute atomic E-state index is 15.4. The van der Waals surface area contributed by atoms with Crippen LogP contribution in [0.5, 0.6) is 0 Å². The lowest BCUT2D eigenvalue weighted by molar-refractivity contribution is -0.141. The number of hydrogen-bond acceptors (Lipinski definition) is 12. The fourth-order valence-corrected chi connectivity index (χ4v) is 8.20. The summed E-state index contributed by atoms with van der Waals surface area (Å²) in [6, 6.07) is 16.7. The molecule has 0 fully saturated rings. The second-order valence-electron chi connectivity index (χ2n) is 18.9. The van der Waals surface area contributed by atoms with Crippen molar-refractivity contribution in [3.05, 3.63) is 132 Å². The fraction of sp³-hybridized carbons (Fsp3) is 0.358. The number of aliphatic hydroxyl groups excluding tert-OH is 1. The molecule has 2 heterocycles. The molecular formula is C53H62F2N10O12. The van der Waals surface area contributed by atoms with E-state index in [2.05, 4.69) is 31.9 Å². The molecule has 24 heteroatoms.